The summed E-state index contributed by atoms with van der Waals surface area (Å²) in [5.74, 6) is -0.961. The van der Waals surface area contributed by atoms with E-state index in [1.807, 2.05) is 4.72 Å². The number of aromatic nitrogens is 2. The predicted octanol–water partition coefficient (Wildman–Crippen LogP) is 1.06. The zero-order valence-electron chi connectivity index (χ0n) is 13.2. The fourth-order valence-electron chi connectivity index (χ4n) is 1.68. The van der Waals surface area contributed by atoms with Crippen LogP contribution in [0.3, 0.4) is 0 Å². The number of rotatable bonds is 6. The van der Waals surface area contributed by atoms with Crippen molar-refractivity contribution in [1.82, 2.24) is 14.9 Å². The molecule has 2 rings (SSSR count). The smallest absolute Gasteiger partial charge is 0.264 e. The van der Waals surface area contributed by atoms with Crippen LogP contribution in [0.25, 0.3) is 0 Å². The largest absolute Gasteiger partial charge is 0.374 e. The number of amides is 2. The molecule has 0 bridgehead atoms. The van der Waals surface area contributed by atoms with Gasteiger partial charge in [0.05, 0.1) is 10.1 Å². The lowest BCUT2D eigenvalue weighted by atomic mass is 10.3. The Hall–Kier alpha value is -2.18. The monoisotopic (exact) mass is 401 g/mol. The number of nitrogens with one attached hydrogen (secondary N) is 2. The number of thioether (sulfide) groups is 1. The fourth-order valence-corrected chi connectivity index (χ4v) is 4.45. The number of hydrogen-bond acceptors (Lipinski definition) is 9. The molecule has 2 amide bonds. The van der Waals surface area contributed by atoms with E-state index in [4.69, 9.17) is 5.73 Å². The number of carbonyl (C=O) groups excluding carboxylic acids is 2. The molecule has 4 N–H and O–H groups in total. The minimum Gasteiger partial charge on any atom is -0.374 e. The first kappa shape index (κ1) is 19.1. The van der Waals surface area contributed by atoms with E-state index in [-0.39, 0.29) is 10.8 Å². The quantitative estimate of drug-likeness (QED) is 0.610. The van der Waals surface area contributed by atoms with Gasteiger partial charge in [-0.05, 0) is 31.2 Å². The first-order valence-electron chi connectivity index (χ1n) is 6.87. The Bertz CT molecular complexity index is 879. The zero-order valence-corrected chi connectivity index (χ0v) is 15.7. The highest BCUT2D eigenvalue weighted by molar-refractivity contribution is 8.02. The molecule has 0 saturated carbocycles. The van der Waals surface area contributed by atoms with E-state index in [1.165, 1.54) is 47.4 Å². The normalized spacial score (nSPS) is 12.4. The summed E-state index contributed by atoms with van der Waals surface area (Å²) in [6.07, 6.45) is 0. The minimum atomic E-state index is -3.90. The third-order valence-corrected chi connectivity index (χ3v) is 6.16. The Morgan fingerprint density at radius 3 is 2.40 bits per heavy atom. The number of nitrogens with two attached hydrogens (primary N) is 1. The fraction of sp³-hybridized carbons (Fsp3) is 0.231. The van der Waals surface area contributed by atoms with Crippen LogP contribution in [0.15, 0.2) is 33.5 Å². The van der Waals surface area contributed by atoms with Crippen molar-refractivity contribution in [1.29, 1.82) is 0 Å². The van der Waals surface area contributed by atoms with Crippen molar-refractivity contribution in [2.75, 3.05) is 11.1 Å². The lowest BCUT2D eigenvalue weighted by molar-refractivity contribution is -0.117. The summed E-state index contributed by atoms with van der Waals surface area (Å²) in [5, 5.41) is 10.1. The molecule has 1 aromatic carbocycles. The SMILES string of the molecule is CC(=O)NS(=O)(=O)c1ccc(NC(=O)C(C)Sc2nnc(N)s2)cc1. The molecule has 0 spiro atoms. The molecule has 134 valence electrons. The van der Waals surface area contributed by atoms with Crippen molar-refractivity contribution < 1.29 is 18.0 Å². The van der Waals surface area contributed by atoms with Crippen molar-refractivity contribution in [2.24, 2.45) is 0 Å². The Morgan fingerprint density at radius 2 is 1.88 bits per heavy atom. The summed E-state index contributed by atoms with van der Waals surface area (Å²) < 4.78 is 26.1. The van der Waals surface area contributed by atoms with E-state index >= 15 is 0 Å². The van der Waals surface area contributed by atoms with E-state index < -0.39 is 21.2 Å². The van der Waals surface area contributed by atoms with Crippen LogP contribution in [0.4, 0.5) is 10.8 Å². The van der Waals surface area contributed by atoms with Gasteiger partial charge < -0.3 is 11.1 Å². The third kappa shape index (κ3) is 5.41. The van der Waals surface area contributed by atoms with E-state index in [9.17, 15) is 18.0 Å². The van der Waals surface area contributed by atoms with Gasteiger partial charge in [-0.25, -0.2) is 13.1 Å². The Morgan fingerprint density at radius 1 is 1.24 bits per heavy atom. The van der Waals surface area contributed by atoms with Crippen LogP contribution in [-0.4, -0.2) is 35.7 Å². The van der Waals surface area contributed by atoms with Crippen LogP contribution in [0.2, 0.25) is 0 Å². The van der Waals surface area contributed by atoms with Gasteiger partial charge in [-0.2, -0.15) is 0 Å². The molecule has 9 nitrogen and oxygen atoms in total. The molecule has 1 aromatic heterocycles. The van der Waals surface area contributed by atoms with E-state index in [0.717, 1.165) is 6.92 Å². The van der Waals surface area contributed by atoms with Gasteiger partial charge in [-0.15, -0.1) is 10.2 Å². The van der Waals surface area contributed by atoms with Gasteiger partial charge in [-0.3, -0.25) is 9.59 Å². The van der Waals surface area contributed by atoms with Crippen LogP contribution in [0.5, 0.6) is 0 Å². The lowest BCUT2D eigenvalue weighted by Gasteiger charge is -2.11. The van der Waals surface area contributed by atoms with Gasteiger partial charge in [-0.1, -0.05) is 23.1 Å². The van der Waals surface area contributed by atoms with Gasteiger partial charge in [0.25, 0.3) is 10.0 Å². The topological polar surface area (TPSA) is 144 Å². The van der Waals surface area contributed by atoms with Crippen molar-refractivity contribution in [3.8, 4) is 0 Å². The van der Waals surface area contributed by atoms with Crippen LogP contribution in [0, 0.1) is 0 Å². The Labute approximate surface area is 152 Å². The summed E-state index contributed by atoms with van der Waals surface area (Å²) in [5.41, 5.74) is 5.92. The second kappa shape index (κ2) is 7.80. The number of nitrogen functional groups attached to an aromatic ring is 1. The number of benzene rings is 1. The molecule has 0 saturated heterocycles. The molecular formula is C13H15N5O4S3. The van der Waals surface area contributed by atoms with Crippen LogP contribution >= 0.6 is 23.1 Å². The molecular weight excluding hydrogens is 386 g/mol. The van der Waals surface area contributed by atoms with Crippen LogP contribution in [-0.2, 0) is 19.6 Å². The summed E-state index contributed by atoms with van der Waals surface area (Å²) in [6.45, 7) is 2.81. The molecule has 0 aliphatic heterocycles. The van der Waals surface area contributed by atoms with Crippen molar-refractivity contribution >= 4 is 55.8 Å². The lowest BCUT2D eigenvalue weighted by Crippen LogP contribution is -2.28. The highest BCUT2D eigenvalue weighted by atomic mass is 32.2. The molecule has 1 atom stereocenters. The molecule has 2 aromatic rings. The van der Waals surface area contributed by atoms with Crippen molar-refractivity contribution in [3.63, 3.8) is 0 Å². The average Bonchev–Trinajstić information content (AvgIpc) is 2.91. The number of carbonyl (C=O) groups is 2. The summed E-state index contributed by atoms with van der Waals surface area (Å²) in [6, 6.07) is 5.47. The zero-order chi connectivity index (χ0) is 18.6. The molecule has 0 fully saturated rings. The highest BCUT2D eigenvalue weighted by Crippen LogP contribution is 2.28. The molecule has 12 heteroatoms. The van der Waals surface area contributed by atoms with Crippen molar-refractivity contribution in [3.05, 3.63) is 24.3 Å². The second-order valence-corrected chi connectivity index (χ2v) is 9.12. The maximum Gasteiger partial charge on any atom is 0.264 e. The van der Waals surface area contributed by atoms with Gasteiger partial charge in [0, 0.05) is 12.6 Å². The van der Waals surface area contributed by atoms with Gasteiger partial charge in [0.1, 0.15) is 0 Å². The maximum absolute atomic E-state index is 12.2. The molecule has 0 radical (unpaired) electrons. The standard InChI is InChI=1S/C13H15N5O4S3/c1-7(23-13-17-16-12(14)24-13)11(20)15-9-3-5-10(6-4-9)25(21,22)18-8(2)19/h3-7H,1-2H3,(H2,14,16)(H,15,20)(H,18,19). The number of nitrogens with zero attached hydrogens (tertiary/aromatic N) is 2. The minimum absolute atomic E-state index is 0.0764. The van der Waals surface area contributed by atoms with Crippen LogP contribution in [0.1, 0.15) is 13.8 Å². The summed E-state index contributed by atoms with van der Waals surface area (Å²) >= 11 is 2.40. The van der Waals surface area contributed by atoms with E-state index in [2.05, 4.69) is 15.5 Å². The number of hydrogen-bond donors (Lipinski definition) is 3. The van der Waals surface area contributed by atoms with E-state index in [0.29, 0.717) is 15.2 Å². The molecule has 25 heavy (non-hydrogen) atoms. The van der Waals surface area contributed by atoms with Gasteiger partial charge in [0.2, 0.25) is 16.9 Å². The van der Waals surface area contributed by atoms with E-state index in [1.54, 1.807) is 6.92 Å². The summed E-state index contributed by atoms with van der Waals surface area (Å²) in [4.78, 5) is 23.0. The maximum atomic E-state index is 12.2. The third-order valence-electron chi connectivity index (χ3n) is 2.78. The molecule has 1 heterocycles. The van der Waals surface area contributed by atoms with Crippen molar-refractivity contribution in [2.45, 2.75) is 28.3 Å². The van der Waals surface area contributed by atoms with Gasteiger partial charge in [0.15, 0.2) is 4.34 Å². The highest BCUT2D eigenvalue weighted by Gasteiger charge is 2.18. The molecule has 1 unspecified atom stereocenters. The first-order chi connectivity index (χ1) is 11.7. The van der Waals surface area contributed by atoms with Crippen LogP contribution < -0.4 is 15.8 Å². The average molecular weight is 401 g/mol. The Kier molecular flexibility index (Phi) is 5.98. The Balaban J connectivity index is 2.00. The number of sulfonamides is 1. The first-order valence-corrected chi connectivity index (χ1v) is 10.1. The molecule has 0 aliphatic carbocycles. The predicted molar refractivity (Wildman–Crippen MR) is 95.7 cm³/mol. The second-order valence-electron chi connectivity index (χ2n) is 4.84. The number of anilines is 2. The molecule has 0 aliphatic rings. The summed E-state index contributed by atoms with van der Waals surface area (Å²) in [7, 11) is -3.90. The van der Waals surface area contributed by atoms with Gasteiger partial charge >= 0.3 is 0 Å².